The molecule has 2 heterocycles. The van der Waals surface area contributed by atoms with Crippen molar-refractivity contribution in [1.82, 2.24) is 5.32 Å². The smallest absolute Gasteiger partial charge is 0.337 e. The molecule has 7 nitrogen and oxygen atoms in total. The minimum Gasteiger partial charge on any atom is -0.465 e. The highest BCUT2D eigenvalue weighted by molar-refractivity contribution is 7.80. The number of amides is 2. The van der Waals surface area contributed by atoms with E-state index < -0.39 is 17.8 Å². The van der Waals surface area contributed by atoms with Gasteiger partial charge in [-0.05, 0) is 92.2 Å². The normalized spacial score (nSPS) is 15.0. The first-order chi connectivity index (χ1) is 16.2. The lowest BCUT2D eigenvalue weighted by Gasteiger charge is -2.29. The fourth-order valence-corrected chi connectivity index (χ4v) is 4.16. The number of furan rings is 1. The molecule has 0 aliphatic carbocycles. The Morgan fingerprint density at radius 1 is 1.03 bits per heavy atom. The standard InChI is InChI=1S/C26H22N2O5S/c1-14-9-15(2)11-18(10-14)28-24(30)21(23(29)27-26(28)34)13-19-6-8-22(33-19)20-7-5-17(12-16(20)3)25(31)32-4/h5-13H,1-4H3,(H,27,29,34)/b21-13-. The number of hydrogen-bond acceptors (Lipinski definition) is 6. The summed E-state index contributed by atoms with van der Waals surface area (Å²) in [6.07, 6.45) is 1.40. The van der Waals surface area contributed by atoms with Gasteiger partial charge in [-0.3, -0.25) is 19.8 Å². The van der Waals surface area contributed by atoms with Crippen LogP contribution in [0, 0.1) is 20.8 Å². The number of aryl methyl sites for hydroxylation is 3. The average molecular weight is 475 g/mol. The van der Waals surface area contributed by atoms with Gasteiger partial charge in [0, 0.05) is 5.56 Å². The fourth-order valence-electron chi connectivity index (χ4n) is 3.87. The number of methoxy groups -OCH3 is 1. The minimum atomic E-state index is -0.591. The number of ether oxygens (including phenoxy) is 1. The molecule has 1 saturated heterocycles. The molecule has 0 radical (unpaired) electrons. The van der Waals surface area contributed by atoms with Crippen LogP contribution in [0.1, 0.15) is 32.8 Å². The zero-order valence-corrected chi connectivity index (χ0v) is 19.9. The number of carbonyl (C=O) groups excluding carboxylic acids is 3. The number of nitrogens with zero attached hydrogens (tertiary/aromatic N) is 1. The van der Waals surface area contributed by atoms with E-state index in [0.29, 0.717) is 22.8 Å². The van der Waals surface area contributed by atoms with E-state index in [4.69, 9.17) is 21.4 Å². The number of rotatable bonds is 4. The Bertz CT molecular complexity index is 1370. The summed E-state index contributed by atoms with van der Waals surface area (Å²) in [6.45, 7) is 5.70. The van der Waals surface area contributed by atoms with Gasteiger partial charge in [-0.25, -0.2) is 4.79 Å². The molecular formula is C26H22N2O5S. The van der Waals surface area contributed by atoms with E-state index in [9.17, 15) is 14.4 Å². The molecule has 0 spiro atoms. The SMILES string of the molecule is COC(=O)c1ccc(-c2ccc(/C=C3/C(=O)NC(=S)N(c4cc(C)cc(C)c4)C3=O)o2)c(C)c1. The molecular weight excluding hydrogens is 452 g/mol. The first kappa shape index (κ1) is 23.1. The number of hydrogen-bond donors (Lipinski definition) is 1. The molecule has 2 amide bonds. The van der Waals surface area contributed by atoms with Gasteiger partial charge >= 0.3 is 5.97 Å². The predicted octanol–water partition coefficient (Wildman–Crippen LogP) is 4.49. The van der Waals surface area contributed by atoms with Crippen LogP contribution in [0.5, 0.6) is 0 Å². The third-order valence-electron chi connectivity index (χ3n) is 5.39. The molecule has 1 aromatic heterocycles. The Labute approximate surface area is 202 Å². The molecule has 2 aromatic carbocycles. The van der Waals surface area contributed by atoms with Gasteiger partial charge in [0.1, 0.15) is 17.1 Å². The molecule has 0 unspecified atom stereocenters. The van der Waals surface area contributed by atoms with E-state index in [0.717, 1.165) is 22.3 Å². The van der Waals surface area contributed by atoms with Gasteiger partial charge in [-0.1, -0.05) is 12.1 Å². The van der Waals surface area contributed by atoms with Crippen molar-refractivity contribution in [2.24, 2.45) is 0 Å². The second kappa shape index (κ2) is 9.07. The molecule has 172 valence electrons. The highest BCUT2D eigenvalue weighted by Gasteiger charge is 2.35. The molecule has 8 heteroatoms. The van der Waals surface area contributed by atoms with E-state index in [1.807, 2.05) is 39.0 Å². The zero-order chi connectivity index (χ0) is 24.6. The summed E-state index contributed by atoms with van der Waals surface area (Å²) in [5, 5.41) is 2.61. The summed E-state index contributed by atoms with van der Waals surface area (Å²) in [7, 11) is 1.33. The first-order valence-corrected chi connectivity index (χ1v) is 10.9. The van der Waals surface area contributed by atoms with Crippen molar-refractivity contribution in [3.8, 4) is 11.3 Å². The monoisotopic (exact) mass is 474 g/mol. The third-order valence-corrected chi connectivity index (χ3v) is 5.68. The number of anilines is 1. The van der Waals surface area contributed by atoms with Gasteiger partial charge in [0.05, 0.1) is 18.4 Å². The molecule has 0 bridgehead atoms. The van der Waals surface area contributed by atoms with Crippen molar-refractivity contribution < 1.29 is 23.5 Å². The van der Waals surface area contributed by atoms with Crippen molar-refractivity contribution >= 4 is 46.9 Å². The number of esters is 1. The van der Waals surface area contributed by atoms with Gasteiger partial charge in [-0.15, -0.1) is 0 Å². The zero-order valence-electron chi connectivity index (χ0n) is 19.1. The lowest BCUT2D eigenvalue weighted by molar-refractivity contribution is -0.122. The molecule has 4 rings (SSSR count). The molecule has 3 aromatic rings. The lowest BCUT2D eigenvalue weighted by atomic mass is 10.0. The molecule has 1 aliphatic rings. The Hall–Kier alpha value is -4.04. The van der Waals surface area contributed by atoms with Crippen molar-refractivity contribution in [3.05, 3.63) is 82.1 Å². The molecule has 34 heavy (non-hydrogen) atoms. The quantitative estimate of drug-likeness (QED) is 0.259. The molecule has 1 fully saturated rings. The van der Waals surface area contributed by atoms with Crippen LogP contribution in [0.25, 0.3) is 17.4 Å². The second-order valence-corrected chi connectivity index (χ2v) is 8.41. The van der Waals surface area contributed by atoms with Crippen LogP contribution in [-0.2, 0) is 14.3 Å². The lowest BCUT2D eigenvalue weighted by Crippen LogP contribution is -2.54. The Morgan fingerprint density at radius 3 is 2.38 bits per heavy atom. The maximum Gasteiger partial charge on any atom is 0.337 e. The maximum absolute atomic E-state index is 13.3. The van der Waals surface area contributed by atoms with Crippen LogP contribution in [0.15, 0.2) is 58.5 Å². The largest absolute Gasteiger partial charge is 0.465 e. The molecule has 0 atom stereocenters. The predicted molar refractivity (Wildman–Crippen MR) is 132 cm³/mol. The van der Waals surface area contributed by atoms with Crippen LogP contribution < -0.4 is 10.2 Å². The van der Waals surface area contributed by atoms with E-state index in [-0.39, 0.29) is 10.7 Å². The van der Waals surface area contributed by atoms with Crippen molar-refractivity contribution in [3.63, 3.8) is 0 Å². The van der Waals surface area contributed by atoms with E-state index >= 15 is 0 Å². The van der Waals surface area contributed by atoms with E-state index in [2.05, 4.69) is 5.32 Å². The van der Waals surface area contributed by atoms with Crippen molar-refractivity contribution in [2.75, 3.05) is 12.0 Å². The van der Waals surface area contributed by atoms with Crippen LogP contribution >= 0.6 is 12.2 Å². The summed E-state index contributed by atoms with van der Waals surface area (Å²) >= 11 is 5.28. The van der Waals surface area contributed by atoms with Crippen LogP contribution in [0.4, 0.5) is 5.69 Å². The molecule has 1 aliphatic heterocycles. The fraction of sp³-hybridized carbons (Fsp3) is 0.154. The first-order valence-electron chi connectivity index (χ1n) is 10.5. The van der Waals surface area contributed by atoms with Crippen LogP contribution in [0.3, 0.4) is 0 Å². The van der Waals surface area contributed by atoms with Gasteiger partial charge in [0.2, 0.25) is 0 Å². The summed E-state index contributed by atoms with van der Waals surface area (Å²) in [5.41, 5.74) is 4.45. The van der Waals surface area contributed by atoms with E-state index in [1.54, 1.807) is 30.3 Å². The number of carbonyl (C=O) groups is 3. The number of nitrogens with one attached hydrogen (secondary N) is 1. The average Bonchev–Trinajstić information content (AvgIpc) is 3.23. The summed E-state index contributed by atoms with van der Waals surface area (Å²) in [6, 6.07) is 14.2. The van der Waals surface area contributed by atoms with Gasteiger partial charge < -0.3 is 9.15 Å². The Kier molecular flexibility index (Phi) is 6.17. The number of thiocarbonyl (C=S) groups is 1. The minimum absolute atomic E-state index is 0.0265. The highest BCUT2D eigenvalue weighted by atomic mass is 32.1. The summed E-state index contributed by atoms with van der Waals surface area (Å²) in [5.74, 6) is -0.681. The van der Waals surface area contributed by atoms with E-state index in [1.165, 1.54) is 18.1 Å². The Balaban J connectivity index is 1.66. The van der Waals surface area contributed by atoms with Crippen LogP contribution in [0.2, 0.25) is 0 Å². The summed E-state index contributed by atoms with van der Waals surface area (Å²) < 4.78 is 10.7. The topological polar surface area (TPSA) is 88.9 Å². The van der Waals surface area contributed by atoms with Gasteiger partial charge in [-0.2, -0.15) is 0 Å². The van der Waals surface area contributed by atoms with Gasteiger partial charge in [0.25, 0.3) is 11.8 Å². The van der Waals surface area contributed by atoms with Gasteiger partial charge in [0.15, 0.2) is 5.11 Å². The molecule has 1 N–H and O–H groups in total. The second-order valence-electron chi connectivity index (χ2n) is 8.03. The Morgan fingerprint density at radius 2 is 1.74 bits per heavy atom. The van der Waals surface area contributed by atoms with Crippen molar-refractivity contribution in [2.45, 2.75) is 20.8 Å². The van der Waals surface area contributed by atoms with Crippen LogP contribution in [-0.4, -0.2) is 30.0 Å². The maximum atomic E-state index is 13.3. The third kappa shape index (κ3) is 4.40. The summed E-state index contributed by atoms with van der Waals surface area (Å²) in [4.78, 5) is 38.9. The highest BCUT2D eigenvalue weighted by Crippen LogP contribution is 2.29. The molecule has 0 saturated carbocycles. The number of benzene rings is 2. The van der Waals surface area contributed by atoms with Crippen molar-refractivity contribution in [1.29, 1.82) is 0 Å².